The molecule has 26 heavy (non-hydrogen) atoms. The predicted octanol–water partition coefficient (Wildman–Crippen LogP) is 3.28. The molecule has 3 aromatic rings. The van der Waals surface area contributed by atoms with E-state index in [9.17, 15) is 26.0 Å². The first-order valence-corrected chi connectivity index (χ1v) is 8.54. The van der Waals surface area contributed by atoms with Gasteiger partial charge in [0.15, 0.2) is 0 Å². The number of rotatable bonds is 6. The largest absolute Gasteiger partial charge is 0.415 e. The third-order valence-electron chi connectivity index (χ3n) is 3.60. The van der Waals surface area contributed by atoms with Crippen molar-refractivity contribution in [3.8, 4) is 17.1 Å². The molecule has 0 saturated carbocycles. The topological polar surface area (TPSA) is 84.9 Å². The van der Waals surface area contributed by atoms with E-state index in [-0.39, 0.29) is 22.2 Å². The molecule has 0 bridgehead atoms. The minimum absolute atomic E-state index is 0.0386. The lowest BCUT2D eigenvalue weighted by Crippen LogP contribution is -2.03. The summed E-state index contributed by atoms with van der Waals surface area (Å²) >= 11 is 0. The summed E-state index contributed by atoms with van der Waals surface area (Å²) in [6.07, 6.45) is -1.56. The Labute approximate surface area is 145 Å². The number of aromatic nitrogens is 3. The van der Waals surface area contributed by atoms with Crippen molar-refractivity contribution in [1.82, 2.24) is 15.2 Å². The maximum Gasteiger partial charge on any atom is 0.388 e. The van der Waals surface area contributed by atoms with Gasteiger partial charge in [-0.15, -0.1) is 5.10 Å². The van der Waals surface area contributed by atoms with Crippen LogP contribution in [0, 0.1) is 0 Å². The Balaban J connectivity index is 2.17. The van der Waals surface area contributed by atoms with E-state index in [2.05, 4.69) is 19.9 Å². The van der Waals surface area contributed by atoms with E-state index < -0.39 is 40.9 Å². The summed E-state index contributed by atoms with van der Waals surface area (Å²) < 4.78 is 77.8. The highest BCUT2D eigenvalue weighted by molar-refractivity contribution is 7.71. The van der Waals surface area contributed by atoms with Gasteiger partial charge in [0.05, 0.1) is 22.3 Å². The zero-order valence-corrected chi connectivity index (χ0v) is 13.7. The Kier molecular flexibility index (Phi) is 5.07. The fourth-order valence-electron chi connectivity index (χ4n) is 2.56. The molecule has 2 heterocycles. The fourth-order valence-corrected chi connectivity index (χ4v) is 3.12. The average Bonchev–Trinajstić information content (AvgIpc) is 2.97. The lowest BCUT2D eigenvalue weighted by molar-refractivity contribution is -0.0518. The van der Waals surface area contributed by atoms with Crippen LogP contribution in [0.2, 0.25) is 0 Å². The molecule has 6 nitrogen and oxygen atoms in total. The van der Waals surface area contributed by atoms with Gasteiger partial charge in [0.25, 0.3) is 6.43 Å². The van der Waals surface area contributed by atoms with Gasteiger partial charge >= 0.3 is 6.61 Å². The lowest BCUT2D eigenvalue weighted by atomic mass is 10.0. The Bertz CT molecular complexity index is 1010. The van der Waals surface area contributed by atoms with Crippen molar-refractivity contribution in [3.05, 3.63) is 41.6 Å². The molecule has 0 fully saturated rings. The van der Waals surface area contributed by atoms with Crippen LogP contribution in [0.15, 0.2) is 30.5 Å². The van der Waals surface area contributed by atoms with E-state index in [4.69, 9.17) is 0 Å². The minimum atomic E-state index is -3.12. The molecular weight excluding hydrogens is 378 g/mol. The van der Waals surface area contributed by atoms with Gasteiger partial charge in [0.1, 0.15) is 10.7 Å². The normalized spacial score (nSPS) is 11.8. The number of aromatic amines is 1. The Morgan fingerprint density at radius 1 is 1.15 bits per heavy atom. The Morgan fingerprint density at radius 2 is 1.92 bits per heavy atom. The number of fused-ring (bicyclic) bond motifs is 1. The van der Waals surface area contributed by atoms with Crippen LogP contribution >= 0.6 is 0 Å². The van der Waals surface area contributed by atoms with Gasteiger partial charge in [-0.25, -0.2) is 17.2 Å². The minimum Gasteiger partial charge on any atom is -0.415 e. The number of ether oxygens (including phenoxy) is 1. The maximum atomic E-state index is 13.3. The van der Waals surface area contributed by atoms with E-state index in [1.54, 1.807) is 0 Å². The van der Waals surface area contributed by atoms with Crippen molar-refractivity contribution in [2.24, 2.45) is 0 Å². The van der Waals surface area contributed by atoms with E-state index in [1.165, 1.54) is 24.4 Å². The quantitative estimate of drug-likeness (QED) is 0.499. The highest BCUT2D eigenvalue weighted by Gasteiger charge is 2.20. The second kappa shape index (κ2) is 7.28. The van der Waals surface area contributed by atoms with Crippen LogP contribution in [0.3, 0.4) is 0 Å². The van der Waals surface area contributed by atoms with Crippen LogP contribution in [0.25, 0.3) is 22.2 Å². The van der Waals surface area contributed by atoms with Crippen LogP contribution < -0.4 is 4.74 Å². The van der Waals surface area contributed by atoms with Crippen LogP contribution in [0.1, 0.15) is 17.6 Å². The molecule has 0 atom stereocenters. The number of nitrogens with zero attached hydrogens (tertiary/aromatic N) is 2. The molecule has 0 aliphatic rings. The van der Waals surface area contributed by atoms with Crippen LogP contribution in [0.4, 0.5) is 17.6 Å². The Hall–Kier alpha value is -2.69. The second-order valence-electron chi connectivity index (χ2n) is 5.19. The first kappa shape index (κ1) is 18.1. The molecular formula is C15H11F4N3O3S. The molecule has 0 saturated heterocycles. The van der Waals surface area contributed by atoms with Crippen molar-refractivity contribution in [2.45, 2.75) is 18.8 Å². The first-order valence-electron chi connectivity index (χ1n) is 7.18. The molecule has 1 N–H and O–H groups in total. The average molecular weight is 389 g/mol. The van der Waals surface area contributed by atoms with Gasteiger partial charge in [0.2, 0.25) is 5.88 Å². The van der Waals surface area contributed by atoms with Gasteiger partial charge in [-0.05, 0) is 17.7 Å². The van der Waals surface area contributed by atoms with Gasteiger partial charge in [-0.2, -0.15) is 8.78 Å². The number of nitrogens with one attached hydrogen (secondary N) is 1. The van der Waals surface area contributed by atoms with Crippen LogP contribution in [-0.4, -0.2) is 30.2 Å². The molecule has 0 spiro atoms. The van der Waals surface area contributed by atoms with Crippen molar-refractivity contribution < 1.29 is 30.7 Å². The van der Waals surface area contributed by atoms with Crippen molar-refractivity contribution >= 4 is 21.6 Å². The van der Waals surface area contributed by atoms with E-state index >= 15 is 0 Å². The molecule has 0 amide bonds. The molecule has 0 radical (unpaired) electrons. The molecule has 138 valence electrons. The number of thiol groups is 1. The maximum absolute atomic E-state index is 13.3. The van der Waals surface area contributed by atoms with Crippen molar-refractivity contribution in [2.75, 3.05) is 0 Å². The summed E-state index contributed by atoms with van der Waals surface area (Å²) in [7, 11) is -2.88. The number of alkyl halides is 4. The summed E-state index contributed by atoms with van der Waals surface area (Å²) in [6.45, 7) is -3.12. The van der Waals surface area contributed by atoms with E-state index in [0.29, 0.717) is 5.52 Å². The van der Waals surface area contributed by atoms with Gasteiger partial charge < -0.3 is 4.74 Å². The van der Waals surface area contributed by atoms with Gasteiger partial charge in [-0.3, -0.25) is 10.1 Å². The Morgan fingerprint density at radius 3 is 2.58 bits per heavy atom. The zero-order valence-electron chi connectivity index (χ0n) is 12.8. The summed E-state index contributed by atoms with van der Waals surface area (Å²) in [4.78, 5) is 4.06. The number of H-pyrrole nitrogens is 1. The molecule has 3 rings (SSSR count). The third kappa shape index (κ3) is 3.62. The molecule has 0 unspecified atom stereocenters. The van der Waals surface area contributed by atoms with Crippen LogP contribution in [0.5, 0.6) is 5.88 Å². The number of pyridine rings is 1. The third-order valence-corrected chi connectivity index (χ3v) is 4.20. The zero-order chi connectivity index (χ0) is 18.8. The molecule has 2 aromatic heterocycles. The lowest BCUT2D eigenvalue weighted by Gasteiger charge is -2.10. The van der Waals surface area contributed by atoms with Crippen molar-refractivity contribution in [3.63, 3.8) is 0 Å². The highest BCUT2D eigenvalue weighted by Crippen LogP contribution is 2.35. The summed E-state index contributed by atoms with van der Waals surface area (Å²) in [5, 5.41) is 6.25. The first-order chi connectivity index (χ1) is 12.4. The van der Waals surface area contributed by atoms with E-state index in [0.717, 1.165) is 6.07 Å². The fraction of sp³-hybridized carbons (Fsp3) is 0.200. The number of benzene rings is 1. The van der Waals surface area contributed by atoms with Crippen LogP contribution in [-0.2, 0) is 16.5 Å². The second-order valence-corrected chi connectivity index (χ2v) is 6.18. The number of halogens is 4. The summed E-state index contributed by atoms with van der Waals surface area (Å²) in [5.74, 6) is -0.943. The summed E-state index contributed by atoms with van der Waals surface area (Å²) in [6, 6.07) is 5.19. The smallest absolute Gasteiger partial charge is 0.388 e. The SMILES string of the molecule is O=[SH](=O)Cc1ccc(-c2nccc3[nH]nc(OC(F)F)c23)cc1C(F)F. The van der Waals surface area contributed by atoms with Crippen molar-refractivity contribution in [1.29, 1.82) is 0 Å². The summed E-state index contributed by atoms with van der Waals surface area (Å²) in [5.41, 5.74) is 0.114. The predicted molar refractivity (Wildman–Crippen MR) is 84.9 cm³/mol. The number of hydrogen-bond acceptors (Lipinski definition) is 5. The molecule has 1 aromatic carbocycles. The molecule has 0 aliphatic carbocycles. The van der Waals surface area contributed by atoms with Gasteiger partial charge in [-0.1, -0.05) is 12.1 Å². The highest BCUT2D eigenvalue weighted by atomic mass is 32.2. The monoisotopic (exact) mass is 389 g/mol. The molecule has 11 heteroatoms. The molecule has 0 aliphatic heterocycles. The number of hydrogen-bond donors (Lipinski definition) is 2. The standard InChI is InChI=1S/C15H11F4N3O3S/c16-13(17)9-5-7(1-2-8(9)6-26(23)24)12-11-10(3-4-20-12)21-22-14(11)25-15(18)19/h1-5,13,15,26H,6H2,(H,21,22). The van der Waals surface area contributed by atoms with E-state index in [1.807, 2.05) is 0 Å². The van der Waals surface area contributed by atoms with Gasteiger partial charge in [0, 0.05) is 17.3 Å².